The van der Waals surface area contributed by atoms with Crippen LogP contribution in [0.2, 0.25) is 0 Å². The van der Waals surface area contributed by atoms with Crippen molar-refractivity contribution in [2.24, 2.45) is 5.41 Å². The maximum Gasteiger partial charge on any atom is 0.0534 e. The van der Waals surface area contributed by atoms with Crippen molar-refractivity contribution in [1.29, 1.82) is 0 Å². The molecule has 0 aromatic carbocycles. The highest BCUT2D eigenvalue weighted by atomic mass is 16.5. The van der Waals surface area contributed by atoms with Gasteiger partial charge in [0.05, 0.1) is 6.61 Å². The molecule has 2 fully saturated rings. The molecule has 0 aliphatic carbocycles. The van der Waals surface area contributed by atoms with E-state index in [2.05, 4.69) is 5.32 Å². The molecule has 70 valence electrons. The molecule has 2 saturated heterocycles. The number of hydrogen-bond donors (Lipinski definition) is 1. The van der Waals surface area contributed by atoms with Gasteiger partial charge in [0, 0.05) is 18.6 Å². The second kappa shape index (κ2) is 3.75. The molecule has 0 saturated carbocycles. The van der Waals surface area contributed by atoms with Gasteiger partial charge in [0.25, 0.3) is 0 Å². The highest BCUT2D eigenvalue weighted by molar-refractivity contribution is 4.85. The van der Waals surface area contributed by atoms with Gasteiger partial charge in [-0.05, 0) is 32.2 Å². The first kappa shape index (κ1) is 8.52. The second-order valence-electron chi connectivity index (χ2n) is 4.29. The normalized spacial score (nSPS) is 38.0. The average Bonchev–Trinajstić information content (AvgIpc) is 2.33. The summed E-state index contributed by atoms with van der Waals surface area (Å²) in [6, 6.07) is 0. The average molecular weight is 169 g/mol. The van der Waals surface area contributed by atoms with Gasteiger partial charge in [-0.3, -0.25) is 0 Å². The van der Waals surface area contributed by atoms with Crippen LogP contribution in [-0.2, 0) is 4.74 Å². The van der Waals surface area contributed by atoms with E-state index in [1.165, 1.54) is 45.2 Å². The van der Waals surface area contributed by atoms with Crippen molar-refractivity contribution >= 4 is 0 Å². The lowest BCUT2D eigenvalue weighted by Gasteiger charge is -2.36. The SMILES string of the molecule is C1CCC2(CCCOC2)CNC1. The van der Waals surface area contributed by atoms with Crippen molar-refractivity contribution in [2.45, 2.75) is 32.1 Å². The fraction of sp³-hybridized carbons (Fsp3) is 1.00. The Bertz CT molecular complexity index is 131. The molecule has 2 nitrogen and oxygen atoms in total. The molecule has 12 heavy (non-hydrogen) atoms. The van der Waals surface area contributed by atoms with Crippen molar-refractivity contribution in [3.63, 3.8) is 0 Å². The molecule has 0 radical (unpaired) electrons. The van der Waals surface area contributed by atoms with E-state index >= 15 is 0 Å². The van der Waals surface area contributed by atoms with Gasteiger partial charge in [-0.15, -0.1) is 0 Å². The Hall–Kier alpha value is -0.0800. The van der Waals surface area contributed by atoms with Gasteiger partial charge in [-0.1, -0.05) is 6.42 Å². The molecule has 2 heteroatoms. The quantitative estimate of drug-likeness (QED) is 0.594. The first-order valence-electron chi connectivity index (χ1n) is 5.20. The lowest BCUT2D eigenvalue weighted by Crippen LogP contribution is -2.39. The van der Waals surface area contributed by atoms with Crippen molar-refractivity contribution < 1.29 is 4.74 Å². The third kappa shape index (κ3) is 1.80. The van der Waals surface area contributed by atoms with Crippen LogP contribution in [-0.4, -0.2) is 26.3 Å². The van der Waals surface area contributed by atoms with E-state index in [1.807, 2.05) is 0 Å². The van der Waals surface area contributed by atoms with Crippen LogP contribution >= 0.6 is 0 Å². The topological polar surface area (TPSA) is 21.3 Å². The first-order chi connectivity index (χ1) is 5.91. The molecular weight excluding hydrogens is 150 g/mol. The Morgan fingerprint density at radius 3 is 2.83 bits per heavy atom. The van der Waals surface area contributed by atoms with Crippen LogP contribution in [0.5, 0.6) is 0 Å². The van der Waals surface area contributed by atoms with Gasteiger partial charge < -0.3 is 10.1 Å². The minimum atomic E-state index is 0.509. The Balaban J connectivity index is 1.95. The molecule has 1 unspecified atom stereocenters. The summed E-state index contributed by atoms with van der Waals surface area (Å²) in [7, 11) is 0. The second-order valence-corrected chi connectivity index (χ2v) is 4.29. The number of ether oxygens (including phenoxy) is 1. The van der Waals surface area contributed by atoms with Gasteiger partial charge in [-0.2, -0.15) is 0 Å². The van der Waals surface area contributed by atoms with Crippen LogP contribution < -0.4 is 5.32 Å². The predicted octanol–water partition coefficient (Wildman–Crippen LogP) is 1.56. The monoisotopic (exact) mass is 169 g/mol. The summed E-state index contributed by atoms with van der Waals surface area (Å²) in [5.74, 6) is 0. The molecule has 0 aromatic rings. The van der Waals surface area contributed by atoms with E-state index in [1.54, 1.807) is 0 Å². The lowest BCUT2D eigenvalue weighted by atomic mass is 9.79. The predicted molar refractivity (Wildman–Crippen MR) is 49.2 cm³/mol. The molecule has 1 atom stereocenters. The van der Waals surface area contributed by atoms with E-state index in [0.717, 1.165) is 13.2 Å². The number of rotatable bonds is 0. The van der Waals surface area contributed by atoms with E-state index in [0.29, 0.717) is 5.41 Å². The van der Waals surface area contributed by atoms with Crippen molar-refractivity contribution in [1.82, 2.24) is 5.32 Å². The van der Waals surface area contributed by atoms with Crippen LogP contribution in [0, 0.1) is 5.41 Å². The van der Waals surface area contributed by atoms with Gasteiger partial charge in [0.15, 0.2) is 0 Å². The van der Waals surface area contributed by atoms with Crippen LogP contribution in [0.3, 0.4) is 0 Å². The third-order valence-corrected chi connectivity index (χ3v) is 3.21. The fourth-order valence-corrected chi connectivity index (χ4v) is 2.44. The van der Waals surface area contributed by atoms with Crippen LogP contribution in [0.1, 0.15) is 32.1 Å². The Kier molecular flexibility index (Phi) is 2.66. The summed E-state index contributed by atoms with van der Waals surface area (Å²) in [5, 5.41) is 3.53. The van der Waals surface area contributed by atoms with E-state index < -0.39 is 0 Å². The summed E-state index contributed by atoms with van der Waals surface area (Å²) in [4.78, 5) is 0. The molecule has 2 heterocycles. The largest absolute Gasteiger partial charge is 0.381 e. The van der Waals surface area contributed by atoms with Crippen molar-refractivity contribution in [3.8, 4) is 0 Å². The number of hydrogen-bond acceptors (Lipinski definition) is 2. The minimum Gasteiger partial charge on any atom is -0.381 e. The molecule has 2 rings (SSSR count). The van der Waals surface area contributed by atoms with E-state index in [-0.39, 0.29) is 0 Å². The third-order valence-electron chi connectivity index (χ3n) is 3.21. The van der Waals surface area contributed by atoms with Gasteiger partial charge in [0.2, 0.25) is 0 Å². The molecule has 0 amide bonds. The van der Waals surface area contributed by atoms with Gasteiger partial charge in [0.1, 0.15) is 0 Å². The van der Waals surface area contributed by atoms with E-state index in [4.69, 9.17) is 4.74 Å². The molecule has 0 aromatic heterocycles. The Morgan fingerprint density at radius 1 is 1.08 bits per heavy atom. The van der Waals surface area contributed by atoms with E-state index in [9.17, 15) is 0 Å². The van der Waals surface area contributed by atoms with Crippen LogP contribution in [0.15, 0.2) is 0 Å². The summed E-state index contributed by atoms with van der Waals surface area (Å²) in [6.07, 6.45) is 6.75. The van der Waals surface area contributed by atoms with Crippen molar-refractivity contribution in [3.05, 3.63) is 0 Å². The summed E-state index contributed by atoms with van der Waals surface area (Å²) >= 11 is 0. The molecule has 1 N–H and O–H groups in total. The smallest absolute Gasteiger partial charge is 0.0534 e. The highest BCUT2D eigenvalue weighted by Crippen LogP contribution is 2.34. The number of nitrogens with one attached hydrogen (secondary N) is 1. The fourth-order valence-electron chi connectivity index (χ4n) is 2.44. The molecule has 0 bridgehead atoms. The Labute approximate surface area is 74.7 Å². The first-order valence-corrected chi connectivity index (χ1v) is 5.20. The van der Waals surface area contributed by atoms with Crippen molar-refractivity contribution in [2.75, 3.05) is 26.3 Å². The maximum absolute atomic E-state index is 5.58. The van der Waals surface area contributed by atoms with Gasteiger partial charge >= 0.3 is 0 Å². The maximum atomic E-state index is 5.58. The zero-order chi connectivity index (χ0) is 8.28. The molecule has 1 spiro atoms. The molecule has 2 aliphatic heterocycles. The van der Waals surface area contributed by atoms with Crippen LogP contribution in [0.25, 0.3) is 0 Å². The lowest BCUT2D eigenvalue weighted by molar-refractivity contribution is -0.00950. The summed E-state index contributed by atoms with van der Waals surface area (Å²) < 4.78 is 5.58. The minimum absolute atomic E-state index is 0.509. The zero-order valence-corrected chi connectivity index (χ0v) is 7.77. The van der Waals surface area contributed by atoms with Crippen LogP contribution in [0.4, 0.5) is 0 Å². The molecule has 2 aliphatic rings. The Morgan fingerprint density at radius 2 is 2.00 bits per heavy atom. The standard InChI is InChI=1S/C10H19NO/c1-2-6-11-8-10(4-1)5-3-7-12-9-10/h11H,1-9H2. The summed E-state index contributed by atoms with van der Waals surface area (Å²) in [5.41, 5.74) is 0.509. The summed E-state index contributed by atoms with van der Waals surface area (Å²) in [6.45, 7) is 4.39. The molecular formula is C10H19NO. The zero-order valence-electron chi connectivity index (χ0n) is 7.77. The highest BCUT2D eigenvalue weighted by Gasteiger charge is 2.32. The van der Waals surface area contributed by atoms with Gasteiger partial charge in [-0.25, -0.2) is 0 Å².